The van der Waals surface area contributed by atoms with Gasteiger partial charge in [-0.15, -0.1) is 0 Å². The van der Waals surface area contributed by atoms with E-state index in [1.54, 1.807) is 11.1 Å². The molecule has 1 fully saturated rings. The zero-order chi connectivity index (χ0) is 17.3. The number of rotatable bonds is 6. The van der Waals surface area contributed by atoms with E-state index >= 15 is 0 Å². The van der Waals surface area contributed by atoms with Crippen LogP contribution >= 0.6 is 0 Å². The minimum absolute atomic E-state index is 0.581. The van der Waals surface area contributed by atoms with Crippen LogP contribution in [-0.4, -0.2) is 0 Å². The highest BCUT2D eigenvalue weighted by Gasteiger charge is 2.42. The molecular formula is C24H34. The highest BCUT2D eigenvalue weighted by Crippen LogP contribution is 2.51. The first-order valence-electron chi connectivity index (χ1n) is 10.00. The van der Waals surface area contributed by atoms with Crippen molar-refractivity contribution < 1.29 is 0 Å². The standard InChI is InChI=1S/C24H34/c1-6-9-19-10-8-11-20(14-19)23-13-12-21(22(23)7-2)15-24-17(4)16(3)18(24)5/h7-8,10-11,14,16-18,23-24H,2,6,9,12-13,15H2,1,3-5H3. The molecule has 0 radical (unpaired) electrons. The molecule has 0 bridgehead atoms. The van der Waals surface area contributed by atoms with E-state index in [0.717, 1.165) is 23.7 Å². The van der Waals surface area contributed by atoms with E-state index in [1.165, 1.54) is 43.2 Å². The van der Waals surface area contributed by atoms with Crippen LogP contribution in [-0.2, 0) is 6.42 Å². The third-order valence-corrected chi connectivity index (χ3v) is 7.12. The molecular weight excluding hydrogens is 288 g/mol. The first-order valence-corrected chi connectivity index (χ1v) is 10.00. The zero-order valence-electron chi connectivity index (χ0n) is 16.0. The molecule has 24 heavy (non-hydrogen) atoms. The van der Waals surface area contributed by atoms with Crippen LogP contribution < -0.4 is 0 Å². The van der Waals surface area contributed by atoms with Gasteiger partial charge in [-0.05, 0) is 66.1 Å². The smallest absolute Gasteiger partial charge is 0.00918 e. The Morgan fingerprint density at radius 1 is 1.12 bits per heavy atom. The monoisotopic (exact) mass is 322 g/mol. The molecule has 0 aliphatic heterocycles. The van der Waals surface area contributed by atoms with Crippen LogP contribution in [0.2, 0.25) is 0 Å². The van der Waals surface area contributed by atoms with Gasteiger partial charge in [0.2, 0.25) is 0 Å². The van der Waals surface area contributed by atoms with Crippen LogP contribution in [0.5, 0.6) is 0 Å². The second kappa shape index (κ2) is 7.30. The Hall–Kier alpha value is -1.30. The average molecular weight is 323 g/mol. The number of hydrogen-bond donors (Lipinski definition) is 0. The highest BCUT2D eigenvalue weighted by molar-refractivity contribution is 5.43. The second-order valence-corrected chi connectivity index (χ2v) is 8.29. The predicted octanol–water partition coefficient (Wildman–Crippen LogP) is 6.93. The molecule has 1 saturated carbocycles. The maximum Gasteiger partial charge on any atom is 0.00918 e. The Labute approximate surface area is 149 Å². The Bertz CT molecular complexity index is 611. The molecule has 3 atom stereocenters. The molecule has 0 heterocycles. The summed E-state index contributed by atoms with van der Waals surface area (Å²) >= 11 is 0. The van der Waals surface area contributed by atoms with Gasteiger partial charge in [-0.1, -0.05) is 76.6 Å². The van der Waals surface area contributed by atoms with Crippen molar-refractivity contribution in [2.45, 2.75) is 65.7 Å². The minimum Gasteiger partial charge on any atom is -0.0988 e. The van der Waals surface area contributed by atoms with Gasteiger partial charge in [-0.2, -0.15) is 0 Å². The normalized spacial score (nSPS) is 32.8. The summed E-state index contributed by atoms with van der Waals surface area (Å²) in [5.41, 5.74) is 6.24. The quantitative estimate of drug-likeness (QED) is 0.533. The van der Waals surface area contributed by atoms with Crippen LogP contribution in [0.25, 0.3) is 0 Å². The summed E-state index contributed by atoms with van der Waals surface area (Å²) in [4.78, 5) is 0. The molecule has 1 aromatic carbocycles. The summed E-state index contributed by atoms with van der Waals surface area (Å²) in [5, 5.41) is 0. The molecule has 0 saturated heterocycles. The number of benzene rings is 1. The fraction of sp³-hybridized carbons (Fsp3) is 0.583. The summed E-state index contributed by atoms with van der Waals surface area (Å²) in [6.45, 7) is 13.8. The first kappa shape index (κ1) is 17.5. The van der Waals surface area contributed by atoms with E-state index in [2.05, 4.69) is 64.6 Å². The maximum atomic E-state index is 4.17. The van der Waals surface area contributed by atoms with Crippen LogP contribution in [0.15, 0.2) is 48.1 Å². The number of aryl methyl sites for hydroxylation is 1. The van der Waals surface area contributed by atoms with Gasteiger partial charge in [0.05, 0.1) is 0 Å². The Morgan fingerprint density at radius 3 is 2.54 bits per heavy atom. The first-order chi connectivity index (χ1) is 11.6. The van der Waals surface area contributed by atoms with Crippen molar-refractivity contribution in [2.75, 3.05) is 0 Å². The maximum absolute atomic E-state index is 4.17. The van der Waals surface area contributed by atoms with E-state index < -0.39 is 0 Å². The Kier molecular flexibility index (Phi) is 5.33. The molecule has 3 rings (SSSR count). The van der Waals surface area contributed by atoms with Crippen molar-refractivity contribution >= 4 is 0 Å². The van der Waals surface area contributed by atoms with E-state index in [1.807, 2.05) is 0 Å². The van der Waals surface area contributed by atoms with E-state index in [9.17, 15) is 0 Å². The Balaban J connectivity index is 1.80. The molecule has 0 nitrogen and oxygen atoms in total. The van der Waals surface area contributed by atoms with Crippen molar-refractivity contribution in [3.63, 3.8) is 0 Å². The Morgan fingerprint density at radius 2 is 1.88 bits per heavy atom. The van der Waals surface area contributed by atoms with Gasteiger partial charge in [0.1, 0.15) is 0 Å². The summed E-state index contributed by atoms with van der Waals surface area (Å²) in [6.07, 6.45) is 8.43. The van der Waals surface area contributed by atoms with Gasteiger partial charge in [0.25, 0.3) is 0 Å². The van der Waals surface area contributed by atoms with Crippen LogP contribution in [0.3, 0.4) is 0 Å². The predicted molar refractivity (Wildman–Crippen MR) is 105 cm³/mol. The minimum atomic E-state index is 0.581. The van der Waals surface area contributed by atoms with Gasteiger partial charge in [0.15, 0.2) is 0 Å². The van der Waals surface area contributed by atoms with E-state index in [0.29, 0.717) is 5.92 Å². The molecule has 0 amide bonds. The molecule has 0 heteroatoms. The zero-order valence-corrected chi connectivity index (χ0v) is 16.0. The summed E-state index contributed by atoms with van der Waals surface area (Å²) in [5.74, 6) is 4.12. The average Bonchev–Trinajstić information content (AvgIpc) is 3.02. The third kappa shape index (κ3) is 3.13. The van der Waals surface area contributed by atoms with Crippen LogP contribution in [0.4, 0.5) is 0 Å². The molecule has 3 unspecified atom stereocenters. The lowest BCUT2D eigenvalue weighted by atomic mass is 9.57. The highest BCUT2D eigenvalue weighted by atomic mass is 14.5. The molecule has 2 aliphatic carbocycles. The van der Waals surface area contributed by atoms with Crippen molar-refractivity contribution in [2.24, 2.45) is 23.7 Å². The van der Waals surface area contributed by atoms with E-state index in [4.69, 9.17) is 0 Å². The van der Waals surface area contributed by atoms with Crippen LogP contribution in [0, 0.1) is 23.7 Å². The van der Waals surface area contributed by atoms with Gasteiger partial charge in [-0.25, -0.2) is 0 Å². The molecule has 1 aromatic rings. The largest absolute Gasteiger partial charge is 0.0988 e. The van der Waals surface area contributed by atoms with E-state index in [-0.39, 0.29) is 0 Å². The summed E-state index contributed by atoms with van der Waals surface area (Å²) < 4.78 is 0. The van der Waals surface area contributed by atoms with Crippen molar-refractivity contribution in [1.29, 1.82) is 0 Å². The lowest BCUT2D eigenvalue weighted by Crippen LogP contribution is -2.42. The molecule has 0 aromatic heterocycles. The number of allylic oxidation sites excluding steroid dienone is 3. The van der Waals surface area contributed by atoms with Gasteiger partial charge < -0.3 is 0 Å². The van der Waals surface area contributed by atoms with Gasteiger partial charge >= 0.3 is 0 Å². The van der Waals surface area contributed by atoms with Crippen LogP contribution in [0.1, 0.15) is 70.4 Å². The van der Waals surface area contributed by atoms with Gasteiger partial charge in [-0.3, -0.25) is 0 Å². The van der Waals surface area contributed by atoms with Gasteiger partial charge in [0, 0.05) is 5.92 Å². The summed E-state index contributed by atoms with van der Waals surface area (Å²) in [6, 6.07) is 9.29. The fourth-order valence-corrected chi connectivity index (χ4v) is 5.22. The topological polar surface area (TPSA) is 0 Å². The van der Waals surface area contributed by atoms with Crippen molar-refractivity contribution in [3.8, 4) is 0 Å². The number of hydrogen-bond acceptors (Lipinski definition) is 0. The second-order valence-electron chi connectivity index (χ2n) is 8.29. The molecule has 0 N–H and O–H groups in total. The van der Waals surface area contributed by atoms with Crippen molar-refractivity contribution in [1.82, 2.24) is 0 Å². The molecule has 2 aliphatic rings. The SMILES string of the molecule is C=CC1=C(CC2C(C)C(C)C2C)CCC1c1cccc(CCC)c1. The fourth-order valence-electron chi connectivity index (χ4n) is 5.22. The lowest BCUT2D eigenvalue weighted by molar-refractivity contribution is 0.0159. The third-order valence-electron chi connectivity index (χ3n) is 7.12. The molecule has 130 valence electrons. The summed E-state index contributed by atoms with van der Waals surface area (Å²) in [7, 11) is 0. The molecule has 0 spiro atoms. The lowest BCUT2D eigenvalue weighted by Gasteiger charge is -2.48. The van der Waals surface area contributed by atoms with Crippen molar-refractivity contribution in [3.05, 3.63) is 59.2 Å².